The van der Waals surface area contributed by atoms with E-state index in [1.54, 1.807) is 62.4 Å². The Labute approximate surface area is 259 Å². The van der Waals surface area contributed by atoms with Crippen LogP contribution >= 0.6 is 11.3 Å². The van der Waals surface area contributed by atoms with Gasteiger partial charge in [0.25, 0.3) is 5.78 Å². The number of thiazole rings is 1. The van der Waals surface area contributed by atoms with Crippen LogP contribution in [0, 0.1) is 13.8 Å². The van der Waals surface area contributed by atoms with Gasteiger partial charge in [0, 0.05) is 5.56 Å². The van der Waals surface area contributed by atoms with Gasteiger partial charge in [0.15, 0.2) is 5.13 Å². The summed E-state index contributed by atoms with van der Waals surface area (Å²) in [5, 5.41) is 11.7. The molecule has 9 nitrogen and oxygen atoms in total. The van der Waals surface area contributed by atoms with Crippen LogP contribution in [0.1, 0.15) is 57.5 Å². The van der Waals surface area contributed by atoms with Crippen LogP contribution in [0.25, 0.3) is 5.76 Å². The molecule has 4 aromatic rings. The van der Waals surface area contributed by atoms with E-state index in [9.17, 15) is 19.5 Å². The first-order valence-electron chi connectivity index (χ1n) is 14.2. The third kappa shape index (κ3) is 6.21. The molecular formula is C34H32N2O7S. The topological polar surface area (TPSA) is 115 Å². The van der Waals surface area contributed by atoms with Crippen LogP contribution in [0.4, 0.5) is 5.13 Å². The average Bonchev–Trinajstić information content (AvgIpc) is 3.53. The molecule has 5 rings (SSSR count). The molecule has 0 radical (unpaired) electrons. The van der Waals surface area contributed by atoms with Gasteiger partial charge in [0.1, 0.15) is 28.7 Å². The zero-order valence-corrected chi connectivity index (χ0v) is 25.6. The van der Waals surface area contributed by atoms with E-state index in [2.05, 4.69) is 4.98 Å². The summed E-state index contributed by atoms with van der Waals surface area (Å²) >= 11 is 0.958. The maximum Gasteiger partial charge on any atom is 0.350 e. The number of ketones is 1. The van der Waals surface area contributed by atoms with Crippen molar-refractivity contribution in [3.8, 4) is 11.5 Å². The van der Waals surface area contributed by atoms with Gasteiger partial charge in [-0.25, -0.2) is 9.78 Å². The van der Waals surface area contributed by atoms with Gasteiger partial charge >= 0.3 is 11.9 Å². The molecule has 44 heavy (non-hydrogen) atoms. The number of aliphatic hydroxyl groups is 1. The molecule has 226 valence electrons. The Kier molecular flexibility index (Phi) is 9.10. The first kappa shape index (κ1) is 30.5. The molecule has 1 amide bonds. The highest BCUT2D eigenvalue weighted by atomic mass is 32.1. The normalized spacial score (nSPS) is 15.8. The fraction of sp³-hybridized carbons (Fsp3) is 0.235. The van der Waals surface area contributed by atoms with Crippen LogP contribution in [-0.4, -0.2) is 41.0 Å². The van der Waals surface area contributed by atoms with Crippen LogP contribution in [0.15, 0.2) is 78.4 Å². The third-order valence-corrected chi connectivity index (χ3v) is 8.16. The van der Waals surface area contributed by atoms with Crippen LogP contribution < -0.4 is 14.4 Å². The minimum atomic E-state index is -1.01. The molecule has 1 aliphatic rings. The number of aromatic nitrogens is 1. The van der Waals surface area contributed by atoms with Crippen molar-refractivity contribution in [3.05, 3.63) is 111 Å². The number of ether oxygens (including phenoxy) is 3. The number of hydrogen-bond acceptors (Lipinski definition) is 9. The highest BCUT2D eigenvalue weighted by molar-refractivity contribution is 7.17. The third-order valence-electron chi connectivity index (χ3n) is 7.02. The van der Waals surface area contributed by atoms with Gasteiger partial charge in [-0.05, 0) is 75.2 Å². The minimum Gasteiger partial charge on any atom is -0.507 e. The van der Waals surface area contributed by atoms with Crippen molar-refractivity contribution >= 4 is 39.9 Å². The van der Waals surface area contributed by atoms with Crippen molar-refractivity contribution in [3.63, 3.8) is 0 Å². The van der Waals surface area contributed by atoms with Crippen molar-refractivity contribution in [2.75, 3.05) is 18.1 Å². The predicted molar refractivity (Wildman–Crippen MR) is 167 cm³/mol. The van der Waals surface area contributed by atoms with Crippen LogP contribution in [0.3, 0.4) is 0 Å². The molecule has 1 N–H and O–H groups in total. The highest BCUT2D eigenvalue weighted by Gasteiger charge is 2.48. The fourth-order valence-corrected chi connectivity index (χ4v) is 5.95. The number of aliphatic hydroxyl groups excluding tert-OH is 1. The van der Waals surface area contributed by atoms with E-state index in [0.29, 0.717) is 41.5 Å². The standard InChI is InChI=1S/C34H32N2O7S/c1-5-41-25-14-10-23(11-15-25)28-27(30(38)32(39)36(28)34-35-21(4)31(44-34)33(40)42-6-2)29(37)24-12-16-26(17-13-24)43-19-22-9-7-8-20(3)18-22/h7-18,28,37H,5-6,19H2,1-4H3/b29-27+. The SMILES string of the molecule is CCOC(=O)c1sc(N2C(=O)C(=O)/C(=C(/O)c3ccc(OCc4cccc(C)c4)cc3)C2c2ccc(OCC)cc2)nc1C. The van der Waals surface area contributed by atoms with Crippen molar-refractivity contribution < 1.29 is 33.7 Å². The number of hydrogen-bond donors (Lipinski definition) is 1. The van der Waals surface area contributed by atoms with Crippen molar-refractivity contribution in [1.82, 2.24) is 4.98 Å². The second kappa shape index (κ2) is 13.1. The summed E-state index contributed by atoms with van der Waals surface area (Å²) in [5.41, 5.74) is 3.32. The monoisotopic (exact) mass is 612 g/mol. The van der Waals surface area contributed by atoms with Gasteiger partial charge in [-0.3, -0.25) is 14.5 Å². The summed E-state index contributed by atoms with van der Waals surface area (Å²) in [6.07, 6.45) is 0. The first-order valence-corrected chi connectivity index (χ1v) is 15.0. The molecule has 2 heterocycles. The quantitative estimate of drug-likeness (QED) is 0.0929. The molecule has 0 spiro atoms. The maximum atomic E-state index is 13.6. The number of esters is 1. The zero-order chi connectivity index (χ0) is 31.4. The summed E-state index contributed by atoms with van der Waals surface area (Å²) < 4.78 is 16.6. The van der Waals surface area contributed by atoms with Gasteiger partial charge in [0.2, 0.25) is 0 Å². The zero-order valence-electron chi connectivity index (χ0n) is 24.8. The Morgan fingerprint density at radius 2 is 1.61 bits per heavy atom. The van der Waals surface area contributed by atoms with Crippen molar-refractivity contribution in [2.24, 2.45) is 0 Å². The number of anilines is 1. The van der Waals surface area contributed by atoms with Crippen LogP contribution in [-0.2, 0) is 20.9 Å². The number of Topliss-reactive ketones (excluding diaryl/α,β-unsaturated/α-hetero) is 1. The molecule has 1 aliphatic heterocycles. The number of nitrogens with zero attached hydrogens (tertiary/aromatic N) is 2. The van der Waals surface area contributed by atoms with Gasteiger partial charge in [0.05, 0.1) is 30.5 Å². The molecule has 1 aromatic heterocycles. The average molecular weight is 613 g/mol. The fourth-order valence-electron chi connectivity index (χ4n) is 4.96. The Hall–Kier alpha value is -4.96. The second-order valence-electron chi connectivity index (χ2n) is 10.1. The largest absolute Gasteiger partial charge is 0.507 e. The minimum absolute atomic E-state index is 0.0990. The second-order valence-corrected chi connectivity index (χ2v) is 11.1. The lowest BCUT2D eigenvalue weighted by molar-refractivity contribution is -0.132. The number of benzene rings is 3. The van der Waals surface area contributed by atoms with Gasteiger partial charge < -0.3 is 19.3 Å². The molecule has 1 fully saturated rings. The van der Waals surface area contributed by atoms with Crippen LogP contribution in [0.2, 0.25) is 0 Å². The Morgan fingerprint density at radius 1 is 0.932 bits per heavy atom. The smallest absolute Gasteiger partial charge is 0.350 e. The van der Waals surface area contributed by atoms with E-state index in [4.69, 9.17) is 14.2 Å². The lowest BCUT2D eigenvalue weighted by atomic mass is 9.95. The van der Waals surface area contributed by atoms with E-state index < -0.39 is 23.7 Å². The summed E-state index contributed by atoms with van der Waals surface area (Å²) in [4.78, 5) is 45.6. The molecule has 10 heteroatoms. The summed E-state index contributed by atoms with van der Waals surface area (Å²) in [6, 6.07) is 20.6. The molecule has 3 aromatic carbocycles. The number of carbonyl (C=O) groups excluding carboxylic acids is 3. The predicted octanol–water partition coefficient (Wildman–Crippen LogP) is 6.54. The number of amides is 1. The first-order chi connectivity index (χ1) is 21.2. The highest BCUT2D eigenvalue weighted by Crippen LogP contribution is 2.44. The van der Waals surface area contributed by atoms with E-state index >= 15 is 0 Å². The summed E-state index contributed by atoms with van der Waals surface area (Å²) in [6.45, 7) is 8.24. The molecule has 0 aliphatic carbocycles. The Morgan fingerprint density at radius 3 is 2.27 bits per heavy atom. The summed E-state index contributed by atoms with van der Waals surface area (Å²) in [5.74, 6) is -1.44. The Balaban J connectivity index is 1.53. The molecule has 1 atom stereocenters. The van der Waals surface area contributed by atoms with E-state index in [-0.39, 0.29) is 27.9 Å². The van der Waals surface area contributed by atoms with E-state index in [1.807, 2.05) is 38.1 Å². The molecule has 0 saturated carbocycles. The Bertz CT molecular complexity index is 1730. The molecule has 0 bridgehead atoms. The van der Waals surface area contributed by atoms with Crippen molar-refractivity contribution in [1.29, 1.82) is 0 Å². The van der Waals surface area contributed by atoms with Gasteiger partial charge in [-0.15, -0.1) is 0 Å². The number of carbonyl (C=O) groups is 3. The lowest BCUT2D eigenvalue weighted by Gasteiger charge is -2.23. The maximum absolute atomic E-state index is 13.6. The molecular weight excluding hydrogens is 580 g/mol. The van der Waals surface area contributed by atoms with E-state index in [0.717, 1.165) is 22.5 Å². The lowest BCUT2D eigenvalue weighted by Crippen LogP contribution is -2.29. The summed E-state index contributed by atoms with van der Waals surface area (Å²) in [7, 11) is 0. The number of aryl methyl sites for hydroxylation is 2. The van der Waals surface area contributed by atoms with Gasteiger partial charge in [-0.2, -0.15) is 0 Å². The van der Waals surface area contributed by atoms with Gasteiger partial charge in [-0.1, -0.05) is 53.3 Å². The number of rotatable bonds is 10. The van der Waals surface area contributed by atoms with Crippen LogP contribution in [0.5, 0.6) is 11.5 Å². The molecule has 1 unspecified atom stereocenters. The van der Waals surface area contributed by atoms with Crippen molar-refractivity contribution in [2.45, 2.75) is 40.3 Å². The van der Waals surface area contributed by atoms with E-state index in [1.165, 1.54) is 4.90 Å². The molecule has 1 saturated heterocycles.